The summed E-state index contributed by atoms with van der Waals surface area (Å²) in [6.45, 7) is 8.47. The topological polar surface area (TPSA) is 70.5 Å². The van der Waals surface area contributed by atoms with Crippen molar-refractivity contribution in [2.45, 2.75) is 77.5 Å². The number of amides is 2. The molecule has 0 radical (unpaired) electrons. The van der Waals surface area contributed by atoms with Crippen LogP contribution in [0.4, 0.5) is 0 Å². The van der Waals surface area contributed by atoms with E-state index in [-0.39, 0.29) is 30.4 Å². The second kappa shape index (κ2) is 8.87. The van der Waals surface area contributed by atoms with Gasteiger partial charge in [-0.15, -0.1) is 0 Å². The quantitative estimate of drug-likeness (QED) is 0.785. The van der Waals surface area contributed by atoms with Crippen molar-refractivity contribution in [1.29, 1.82) is 0 Å². The zero-order valence-corrected chi connectivity index (χ0v) is 16.9. The van der Waals surface area contributed by atoms with Gasteiger partial charge < -0.3 is 10.2 Å². The highest BCUT2D eigenvalue weighted by molar-refractivity contribution is 5.83. The first-order valence-electron chi connectivity index (χ1n) is 10.4. The first kappa shape index (κ1) is 19.9. The predicted octanol–water partition coefficient (Wildman–Crippen LogP) is 1.56. The Hall–Kier alpha value is -1.89. The Bertz CT molecular complexity index is 649. The van der Waals surface area contributed by atoms with E-state index in [1.54, 1.807) is 10.9 Å². The monoisotopic (exact) mass is 375 g/mol. The molecule has 1 aromatic heterocycles. The molecule has 2 aliphatic rings. The molecule has 7 heteroatoms. The number of likely N-dealkylation sites (N-methyl/N-ethyl adjacent to an activating group) is 1. The molecule has 2 heterocycles. The summed E-state index contributed by atoms with van der Waals surface area (Å²) in [5.74, 6) is 0.181. The van der Waals surface area contributed by atoms with E-state index in [4.69, 9.17) is 0 Å². The van der Waals surface area contributed by atoms with Crippen LogP contribution in [0.3, 0.4) is 0 Å². The van der Waals surface area contributed by atoms with E-state index in [2.05, 4.69) is 15.3 Å². The molecule has 1 aromatic rings. The molecule has 1 aliphatic heterocycles. The molecule has 1 N–H and O–H groups in total. The minimum Gasteiger partial charge on any atom is -0.350 e. The third kappa shape index (κ3) is 4.51. The Morgan fingerprint density at radius 2 is 1.96 bits per heavy atom. The fraction of sp³-hybridized carbons (Fsp3) is 0.750. The number of carbonyl (C=O) groups excluding carboxylic acids is 2. The van der Waals surface area contributed by atoms with Gasteiger partial charge in [0.25, 0.3) is 0 Å². The van der Waals surface area contributed by atoms with Crippen LogP contribution in [0.25, 0.3) is 0 Å². The molecule has 27 heavy (non-hydrogen) atoms. The van der Waals surface area contributed by atoms with Crippen LogP contribution < -0.4 is 5.32 Å². The van der Waals surface area contributed by atoms with Crippen LogP contribution in [0, 0.1) is 6.92 Å². The Labute approximate surface area is 162 Å². The molecular weight excluding hydrogens is 342 g/mol. The molecule has 150 valence electrons. The van der Waals surface area contributed by atoms with Crippen LogP contribution in [-0.4, -0.2) is 69.2 Å². The summed E-state index contributed by atoms with van der Waals surface area (Å²) in [6.07, 6.45) is 7.21. The summed E-state index contributed by atoms with van der Waals surface area (Å²) in [4.78, 5) is 29.8. The second-order valence-electron chi connectivity index (χ2n) is 7.79. The molecule has 1 saturated heterocycles. The van der Waals surface area contributed by atoms with Crippen molar-refractivity contribution in [3.63, 3.8) is 0 Å². The number of aryl methyl sites for hydroxylation is 1. The highest BCUT2D eigenvalue weighted by Crippen LogP contribution is 2.31. The maximum absolute atomic E-state index is 13.1. The molecule has 7 nitrogen and oxygen atoms in total. The van der Waals surface area contributed by atoms with Crippen LogP contribution >= 0.6 is 0 Å². The highest BCUT2D eigenvalue weighted by Gasteiger charge is 2.42. The molecule has 0 spiro atoms. The van der Waals surface area contributed by atoms with E-state index < -0.39 is 0 Å². The van der Waals surface area contributed by atoms with Crippen molar-refractivity contribution in [3.8, 4) is 0 Å². The van der Waals surface area contributed by atoms with E-state index in [0.717, 1.165) is 38.2 Å². The summed E-state index contributed by atoms with van der Waals surface area (Å²) >= 11 is 0. The number of hydrogen-bond donors (Lipinski definition) is 1. The lowest BCUT2D eigenvalue weighted by molar-refractivity contribution is -0.136. The standard InChI is InChI=1S/C20H33N5O2/c1-4-23(5-2)20(27)18-12-16(13-24(18)17-8-6-7-9-17)22-19(26)14-25-15(3)10-11-21-25/h10-11,16-18H,4-9,12-14H2,1-3H3,(H,22,26). The van der Waals surface area contributed by atoms with Gasteiger partial charge in [-0.25, -0.2) is 0 Å². The molecular formula is C20H33N5O2. The van der Waals surface area contributed by atoms with Crippen molar-refractivity contribution < 1.29 is 9.59 Å². The number of aromatic nitrogens is 2. The lowest BCUT2D eigenvalue weighted by Crippen LogP contribution is -2.48. The first-order chi connectivity index (χ1) is 13.0. The fourth-order valence-electron chi connectivity index (χ4n) is 4.57. The van der Waals surface area contributed by atoms with Crippen LogP contribution in [0.15, 0.2) is 12.3 Å². The zero-order valence-electron chi connectivity index (χ0n) is 16.9. The van der Waals surface area contributed by atoms with Crippen molar-refractivity contribution in [2.75, 3.05) is 19.6 Å². The lowest BCUT2D eigenvalue weighted by atomic mass is 10.1. The minimum absolute atomic E-state index is 0.0264. The molecule has 1 saturated carbocycles. The van der Waals surface area contributed by atoms with E-state index in [1.165, 1.54) is 12.8 Å². The Morgan fingerprint density at radius 1 is 1.26 bits per heavy atom. The summed E-state index contributed by atoms with van der Waals surface area (Å²) < 4.78 is 1.71. The molecule has 0 bridgehead atoms. The Morgan fingerprint density at radius 3 is 2.56 bits per heavy atom. The second-order valence-corrected chi connectivity index (χ2v) is 7.79. The Balaban J connectivity index is 1.65. The molecule has 2 amide bonds. The van der Waals surface area contributed by atoms with Crippen LogP contribution in [0.2, 0.25) is 0 Å². The SMILES string of the molecule is CCN(CC)C(=O)C1CC(NC(=O)Cn2nccc2C)CN1C1CCCC1. The number of nitrogens with zero attached hydrogens (tertiary/aromatic N) is 4. The summed E-state index contributed by atoms with van der Waals surface area (Å²) in [6, 6.07) is 2.29. The van der Waals surface area contributed by atoms with E-state index in [0.29, 0.717) is 12.5 Å². The molecule has 2 atom stereocenters. The van der Waals surface area contributed by atoms with Crippen molar-refractivity contribution in [3.05, 3.63) is 18.0 Å². The van der Waals surface area contributed by atoms with Gasteiger partial charge >= 0.3 is 0 Å². The van der Waals surface area contributed by atoms with E-state index >= 15 is 0 Å². The number of likely N-dealkylation sites (tertiary alicyclic amines) is 1. The van der Waals surface area contributed by atoms with Crippen molar-refractivity contribution in [2.24, 2.45) is 0 Å². The van der Waals surface area contributed by atoms with Gasteiger partial charge in [-0.1, -0.05) is 12.8 Å². The molecule has 3 rings (SSSR count). The molecule has 1 aliphatic carbocycles. The van der Waals surface area contributed by atoms with Gasteiger partial charge in [-0.2, -0.15) is 5.10 Å². The summed E-state index contributed by atoms with van der Waals surface area (Å²) in [7, 11) is 0. The van der Waals surface area contributed by atoms with Gasteiger partial charge in [-0.05, 0) is 46.1 Å². The number of rotatable bonds is 7. The molecule has 0 aromatic carbocycles. The fourth-order valence-corrected chi connectivity index (χ4v) is 4.57. The van der Waals surface area contributed by atoms with Gasteiger partial charge in [0.1, 0.15) is 6.54 Å². The summed E-state index contributed by atoms with van der Waals surface area (Å²) in [5.41, 5.74) is 0.971. The normalized spacial score (nSPS) is 23.7. The third-order valence-corrected chi connectivity index (χ3v) is 6.08. The number of nitrogens with one attached hydrogen (secondary N) is 1. The molecule has 2 unspecified atom stereocenters. The minimum atomic E-state index is -0.107. The summed E-state index contributed by atoms with van der Waals surface area (Å²) in [5, 5.41) is 7.33. The van der Waals surface area contributed by atoms with Crippen molar-refractivity contribution in [1.82, 2.24) is 24.9 Å². The lowest BCUT2D eigenvalue weighted by Gasteiger charge is -2.32. The zero-order chi connectivity index (χ0) is 19.4. The maximum atomic E-state index is 13.1. The van der Waals surface area contributed by atoms with Gasteiger partial charge in [0.2, 0.25) is 11.8 Å². The number of carbonyl (C=O) groups is 2. The predicted molar refractivity (Wildman–Crippen MR) is 104 cm³/mol. The average Bonchev–Trinajstić information content (AvgIpc) is 3.37. The average molecular weight is 376 g/mol. The van der Waals surface area contributed by atoms with E-state index in [1.807, 2.05) is 31.7 Å². The van der Waals surface area contributed by atoms with Crippen molar-refractivity contribution >= 4 is 11.8 Å². The molecule has 2 fully saturated rings. The van der Waals surface area contributed by atoms with Gasteiger partial charge in [0, 0.05) is 43.6 Å². The van der Waals surface area contributed by atoms with Crippen LogP contribution in [0.5, 0.6) is 0 Å². The largest absolute Gasteiger partial charge is 0.350 e. The smallest absolute Gasteiger partial charge is 0.242 e. The maximum Gasteiger partial charge on any atom is 0.242 e. The Kier molecular flexibility index (Phi) is 6.52. The van der Waals surface area contributed by atoms with E-state index in [9.17, 15) is 9.59 Å². The highest BCUT2D eigenvalue weighted by atomic mass is 16.2. The third-order valence-electron chi connectivity index (χ3n) is 6.08. The van der Waals surface area contributed by atoms with Crippen LogP contribution in [-0.2, 0) is 16.1 Å². The first-order valence-corrected chi connectivity index (χ1v) is 10.4. The number of hydrogen-bond acceptors (Lipinski definition) is 4. The van der Waals surface area contributed by atoms with Gasteiger partial charge in [0.15, 0.2) is 0 Å². The van der Waals surface area contributed by atoms with Crippen LogP contribution in [0.1, 0.15) is 51.6 Å². The van der Waals surface area contributed by atoms with Gasteiger partial charge in [-0.3, -0.25) is 19.2 Å². The van der Waals surface area contributed by atoms with Gasteiger partial charge in [0.05, 0.1) is 6.04 Å².